The number of hydrogen-bond donors (Lipinski definition) is 6. The summed E-state index contributed by atoms with van der Waals surface area (Å²) >= 11 is 5.91. The molecule has 316 valence electrons. The number of halogens is 1. The van der Waals surface area contributed by atoms with Crippen LogP contribution >= 0.6 is 11.6 Å². The molecule has 0 spiro atoms. The van der Waals surface area contributed by atoms with Gasteiger partial charge in [-0.05, 0) is 62.8 Å². The van der Waals surface area contributed by atoms with E-state index >= 15 is 0 Å². The molecule has 4 aromatic heterocycles. The summed E-state index contributed by atoms with van der Waals surface area (Å²) in [5.74, 6) is -0.697. The molecule has 2 aromatic carbocycles. The molecule has 0 unspecified atom stereocenters. The van der Waals surface area contributed by atoms with Gasteiger partial charge in [0.2, 0.25) is 11.8 Å². The highest BCUT2D eigenvalue weighted by Crippen LogP contribution is 2.33. The highest BCUT2D eigenvalue weighted by atomic mass is 35.5. The van der Waals surface area contributed by atoms with E-state index in [0.717, 1.165) is 47.9 Å². The molecule has 61 heavy (non-hydrogen) atoms. The van der Waals surface area contributed by atoms with Crippen molar-refractivity contribution in [2.75, 3.05) is 29.9 Å². The number of nitrogens with one attached hydrogen (secondary N) is 5. The summed E-state index contributed by atoms with van der Waals surface area (Å²) in [6.45, 7) is -1.63. The monoisotopic (exact) mass is 854 g/mol. The summed E-state index contributed by atoms with van der Waals surface area (Å²) in [7, 11) is 3.54. The molecule has 2 aliphatic carbocycles. The van der Waals surface area contributed by atoms with E-state index in [2.05, 4.69) is 56.5 Å². The second-order valence-electron chi connectivity index (χ2n) is 14.0. The van der Waals surface area contributed by atoms with Gasteiger partial charge in [0, 0.05) is 82.7 Å². The molecule has 2 aliphatic rings. The van der Waals surface area contributed by atoms with E-state index in [1.807, 2.05) is 36.6 Å². The largest absolute Gasteiger partial charge is 0.369 e. The molecule has 2 fully saturated rings. The zero-order chi connectivity index (χ0) is 48.8. The minimum atomic E-state index is -2.70. The van der Waals surface area contributed by atoms with Gasteiger partial charge in [0.25, 0.3) is 11.8 Å². The van der Waals surface area contributed by atoms with Gasteiger partial charge in [-0.25, -0.2) is 9.97 Å². The number of amides is 4. The lowest BCUT2D eigenvalue weighted by Gasteiger charge is -2.15. The van der Waals surface area contributed by atoms with Crippen molar-refractivity contribution in [1.29, 1.82) is 0 Å². The summed E-state index contributed by atoms with van der Waals surface area (Å²) in [5.41, 5.74) is 9.31. The molecule has 0 saturated heterocycles. The second kappa shape index (κ2) is 19.1. The van der Waals surface area contributed by atoms with E-state index < -0.39 is 25.8 Å². The van der Waals surface area contributed by atoms with Crippen LogP contribution in [0.25, 0.3) is 22.8 Å². The minimum absolute atomic E-state index is 0.0492. The van der Waals surface area contributed by atoms with Crippen molar-refractivity contribution in [1.82, 2.24) is 60.6 Å². The average Bonchev–Trinajstić information content (AvgIpc) is 4.18. The third-order valence-corrected chi connectivity index (χ3v) is 9.47. The fourth-order valence-electron chi connectivity index (χ4n) is 5.65. The summed E-state index contributed by atoms with van der Waals surface area (Å²) in [4.78, 5) is 55.5. The molecule has 0 atom stereocenters. The molecule has 2 saturated carbocycles. The zero-order valence-corrected chi connectivity index (χ0v) is 34.1. The molecule has 6 aromatic rings. The first-order valence-corrected chi connectivity index (χ1v) is 19.0. The van der Waals surface area contributed by atoms with E-state index in [-0.39, 0.29) is 57.4 Å². The van der Waals surface area contributed by atoms with Crippen molar-refractivity contribution in [3.8, 4) is 22.8 Å². The Labute approximate surface area is 363 Å². The third-order valence-electron chi connectivity index (χ3n) is 9.28. The highest BCUT2D eigenvalue weighted by molar-refractivity contribution is 6.29. The van der Waals surface area contributed by atoms with Crippen molar-refractivity contribution in [3.05, 3.63) is 88.9 Å². The molecular formula is C40H45ClN16O4. The Morgan fingerprint density at radius 1 is 0.705 bits per heavy atom. The van der Waals surface area contributed by atoms with Crippen LogP contribution in [0.15, 0.2) is 61.2 Å². The Morgan fingerprint density at radius 3 is 1.62 bits per heavy atom. The van der Waals surface area contributed by atoms with Crippen LogP contribution in [0.4, 0.5) is 28.6 Å². The molecule has 7 N–H and O–H groups in total. The van der Waals surface area contributed by atoms with Crippen molar-refractivity contribution < 1.29 is 27.4 Å². The zero-order valence-electron chi connectivity index (χ0n) is 39.3. The fourth-order valence-corrected chi connectivity index (χ4v) is 5.80. The number of nitrogens with zero attached hydrogens (tertiary/aromatic N) is 10. The minimum Gasteiger partial charge on any atom is -0.369 e. The molecule has 21 heteroatoms. The molecule has 4 heterocycles. The Morgan fingerprint density at radius 2 is 1.20 bits per heavy atom. The SMILES string of the molecule is NC(=O)C1CC1.[2H]C([2H])([2H])NC(=O)c1nnc(Cl)cc1Nc1cccc(-c2ncn(C)n2)c1C.[2H]C([2H])([2H])NC(=O)c1nnc(NC(=O)C2CC2)cc1Nc1cccc(-c2ncn(C)n2)c1C. The van der Waals surface area contributed by atoms with Gasteiger partial charge >= 0.3 is 0 Å². The van der Waals surface area contributed by atoms with Gasteiger partial charge in [-0.1, -0.05) is 35.9 Å². The summed E-state index contributed by atoms with van der Waals surface area (Å²) < 4.78 is 46.7. The smallest absolute Gasteiger partial charge is 0.273 e. The van der Waals surface area contributed by atoms with Crippen LogP contribution < -0.4 is 32.3 Å². The Bertz CT molecular complexity index is 2810. The van der Waals surface area contributed by atoms with E-state index in [4.69, 9.17) is 25.6 Å². The maximum atomic E-state index is 12.6. The Hall–Kier alpha value is -7.35. The lowest BCUT2D eigenvalue weighted by atomic mass is 10.1. The number of nitrogens with two attached hydrogens (primary N) is 1. The number of anilines is 5. The van der Waals surface area contributed by atoms with E-state index in [9.17, 15) is 19.2 Å². The maximum absolute atomic E-state index is 12.6. The van der Waals surface area contributed by atoms with Gasteiger partial charge in [0.1, 0.15) is 12.7 Å². The molecule has 0 radical (unpaired) electrons. The fraction of sp³-hybridized carbons (Fsp3) is 0.300. The quantitative estimate of drug-likeness (QED) is 0.106. The summed E-state index contributed by atoms with van der Waals surface area (Å²) in [6, 6.07) is 13.8. The Balaban J connectivity index is 0.000000198. The van der Waals surface area contributed by atoms with E-state index in [0.29, 0.717) is 23.0 Å². The normalized spacial score (nSPS) is 14.6. The molecular weight excluding hydrogens is 804 g/mol. The second-order valence-corrected chi connectivity index (χ2v) is 14.3. The molecule has 8 rings (SSSR count). The van der Waals surface area contributed by atoms with Gasteiger partial charge in [0.05, 0.1) is 11.4 Å². The van der Waals surface area contributed by atoms with Crippen LogP contribution in [0, 0.1) is 25.7 Å². The van der Waals surface area contributed by atoms with Gasteiger partial charge in [-0.2, -0.15) is 10.2 Å². The van der Waals surface area contributed by atoms with Gasteiger partial charge in [-0.3, -0.25) is 28.5 Å². The van der Waals surface area contributed by atoms with Gasteiger partial charge < -0.3 is 32.3 Å². The van der Waals surface area contributed by atoms with Crippen LogP contribution in [0.1, 0.15) is 66.0 Å². The lowest BCUT2D eigenvalue weighted by Crippen LogP contribution is -2.22. The first-order valence-electron chi connectivity index (χ1n) is 21.7. The van der Waals surface area contributed by atoms with Crippen LogP contribution in [-0.4, -0.2) is 87.5 Å². The lowest BCUT2D eigenvalue weighted by molar-refractivity contribution is -0.119. The molecule has 4 amide bonds. The van der Waals surface area contributed by atoms with Crippen molar-refractivity contribution in [2.45, 2.75) is 39.5 Å². The van der Waals surface area contributed by atoms with Crippen LogP contribution in [-0.2, 0) is 23.7 Å². The van der Waals surface area contributed by atoms with Gasteiger partial charge in [0.15, 0.2) is 34.0 Å². The van der Waals surface area contributed by atoms with Crippen LogP contribution in [0.5, 0.6) is 0 Å². The number of rotatable bonds is 11. The van der Waals surface area contributed by atoms with E-state index in [1.54, 1.807) is 60.4 Å². The first-order chi connectivity index (χ1) is 31.5. The standard InChI is InChI=1S/C20H22N8O2.C16H16ClN7O.C4H7NO/c1-11-13(18-22-10-28(3)27-18)5-4-6-14(11)23-15-9-16(24-19(29)12-7-8-12)25-26-17(15)20(30)21-2;1-9-10(15-19-8-24(3)23-15)5-4-6-11(9)20-12-7-13(17)21-22-14(12)16(25)18-2;5-4(6)3-1-2-3/h4-6,9-10,12H,7-8H2,1-3H3,(H,21,30)(H2,23,24,25,29);4-8H,1-3H3,(H,18,25)(H,20,21);3H,1-2H2,(H2,5,6)/i2*2D3;. The third kappa shape index (κ3) is 11.0. The molecule has 0 aliphatic heterocycles. The highest BCUT2D eigenvalue weighted by Gasteiger charge is 2.30. The number of primary amides is 1. The van der Waals surface area contributed by atoms with Crippen molar-refractivity contribution >= 4 is 63.8 Å². The average molecular weight is 855 g/mol. The predicted octanol–water partition coefficient (Wildman–Crippen LogP) is 4.25. The van der Waals surface area contributed by atoms with E-state index in [1.165, 1.54) is 12.1 Å². The molecule has 0 bridgehead atoms. The maximum Gasteiger partial charge on any atom is 0.273 e. The van der Waals surface area contributed by atoms with Crippen molar-refractivity contribution in [2.24, 2.45) is 31.7 Å². The van der Waals surface area contributed by atoms with Gasteiger partial charge in [-0.15, -0.1) is 20.4 Å². The van der Waals surface area contributed by atoms with Crippen LogP contribution in [0.2, 0.25) is 5.15 Å². The number of aryl methyl sites for hydroxylation is 2. The predicted molar refractivity (Wildman–Crippen MR) is 228 cm³/mol. The first kappa shape index (κ1) is 35.6. The number of carbonyl (C=O) groups excluding carboxylic acids is 4. The van der Waals surface area contributed by atoms with Crippen molar-refractivity contribution in [3.63, 3.8) is 0 Å². The number of carbonyl (C=O) groups is 4. The summed E-state index contributed by atoms with van der Waals surface area (Å²) in [5, 5.41) is 36.5. The molecule has 20 nitrogen and oxygen atoms in total. The number of benzene rings is 2. The number of aromatic nitrogens is 10. The Kier molecular flexibility index (Phi) is 11.2. The number of hydrogen-bond acceptors (Lipinski definition) is 14. The topological polar surface area (TPSA) is 267 Å². The summed E-state index contributed by atoms with van der Waals surface area (Å²) in [6.07, 6.45) is 6.87. The van der Waals surface area contributed by atoms with Crippen LogP contribution in [0.3, 0.4) is 0 Å².